The van der Waals surface area contributed by atoms with Crippen molar-refractivity contribution in [1.29, 1.82) is 0 Å². The molecule has 3 aromatic rings. The number of aromatic carboxylic acids is 2. The van der Waals surface area contributed by atoms with Crippen LogP contribution in [0, 0.1) is 0 Å². The summed E-state index contributed by atoms with van der Waals surface area (Å²) in [6, 6.07) is 19.9. The molecule has 69 heavy (non-hydrogen) atoms. The molecule has 3 rings (SSSR count). The first kappa shape index (κ1) is 66.0. The number of rotatable bonds is 23. The SMILES string of the molecule is C=CCOC(=O)/C=C\C(=O)OCC=C.C=CCOCC(O)COCC=C.C=CCSCC=C.CC(C)(c1ccc(O)cc1)c1ccc(O)cc1.CC=C(C)C(=O)O.O=C(O)c1ccccc1C(=O)O. The first-order valence-corrected chi connectivity index (χ1v) is 22.0. The van der Waals surface area contributed by atoms with Crippen molar-refractivity contribution >= 4 is 41.6 Å². The highest BCUT2D eigenvalue weighted by Crippen LogP contribution is 2.33. The van der Waals surface area contributed by atoms with Crippen LogP contribution < -0.4 is 0 Å². The lowest BCUT2D eigenvalue weighted by atomic mass is 9.78. The lowest BCUT2D eigenvalue weighted by Gasteiger charge is -2.26. The molecule has 0 aliphatic rings. The third-order valence-electron chi connectivity index (χ3n) is 7.94. The minimum atomic E-state index is -1.23. The molecule has 16 heteroatoms. The van der Waals surface area contributed by atoms with Gasteiger partial charge in [-0.3, -0.25) is 0 Å². The van der Waals surface area contributed by atoms with Crippen LogP contribution in [0.15, 0.2) is 173 Å². The van der Waals surface area contributed by atoms with Gasteiger partial charge in [-0.1, -0.05) is 106 Å². The molecule has 0 aliphatic heterocycles. The fourth-order valence-electron chi connectivity index (χ4n) is 4.27. The minimum absolute atomic E-state index is 0.116. The zero-order valence-corrected chi connectivity index (χ0v) is 40.7. The molecule has 0 spiro atoms. The number of hydrogen-bond donors (Lipinski definition) is 6. The van der Waals surface area contributed by atoms with E-state index in [4.69, 9.17) is 24.8 Å². The van der Waals surface area contributed by atoms with Crippen molar-refractivity contribution < 1.29 is 73.6 Å². The number of hydrogen-bond acceptors (Lipinski definition) is 13. The van der Waals surface area contributed by atoms with Crippen LogP contribution in [0.1, 0.15) is 59.5 Å². The van der Waals surface area contributed by atoms with Crippen LogP contribution in [-0.2, 0) is 38.7 Å². The summed E-state index contributed by atoms with van der Waals surface area (Å²) in [5, 5.41) is 53.0. The molecule has 0 fully saturated rings. The van der Waals surface area contributed by atoms with Gasteiger partial charge in [0.15, 0.2) is 0 Å². The highest BCUT2D eigenvalue weighted by atomic mass is 32.2. The fourth-order valence-corrected chi connectivity index (χ4v) is 4.74. The van der Waals surface area contributed by atoms with Crippen LogP contribution in [0.2, 0.25) is 0 Å². The summed E-state index contributed by atoms with van der Waals surface area (Å²) in [4.78, 5) is 52.4. The van der Waals surface area contributed by atoms with Gasteiger partial charge in [0, 0.05) is 34.6 Å². The number of allylic oxidation sites excluding steroid dienone is 1. The van der Waals surface area contributed by atoms with Gasteiger partial charge in [-0.25, -0.2) is 24.0 Å². The Morgan fingerprint density at radius 2 is 0.942 bits per heavy atom. The van der Waals surface area contributed by atoms with Gasteiger partial charge in [0.2, 0.25) is 0 Å². The number of esters is 2. The van der Waals surface area contributed by atoms with Crippen LogP contribution in [0.25, 0.3) is 0 Å². The lowest BCUT2D eigenvalue weighted by Crippen LogP contribution is -2.21. The molecule has 0 radical (unpaired) electrons. The second kappa shape index (κ2) is 42.1. The lowest BCUT2D eigenvalue weighted by molar-refractivity contribution is -0.139. The maximum atomic E-state index is 10.8. The van der Waals surface area contributed by atoms with Gasteiger partial charge in [-0.2, -0.15) is 11.8 Å². The first-order valence-electron chi connectivity index (χ1n) is 20.8. The molecular formula is C53H68O15S. The van der Waals surface area contributed by atoms with E-state index < -0.39 is 36.0 Å². The number of benzene rings is 3. The van der Waals surface area contributed by atoms with Crippen molar-refractivity contribution in [3.05, 3.63) is 195 Å². The fraction of sp³-hybridized carbons (Fsp3) is 0.264. The molecule has 0 aromatic heterocycles. The van der Waals surface area contributed by atoms with E-state index >= 15 is 0 Å². The van der Waals surface area contributed by atoms with Gasteiger partial charge in [-0.05, 0) is 61.4 Å². The number of thioether (sulfide) groups is 1. The summed E-state index contributed by atoms with van der Waals surface area (Å²) >= 11 is 1.82. The monoisotopic (exact) mass is 976 g/mol. The second-order valence-electron chi connectivity index (χ2n) is 13.7. The van der Waals surface area contributed by atoms with Crippen molar-refractivity contribution in [2.24, 2.45) is 0 Å². The second-order valence-corrected chi connectivity index (χ2v) is 14.8. The molecule has 15 nitrogen and oxygen atoms in total. The van der Waals surface area contributed by atoms with Crippen LogP contribution >= 0.6 is 11.8 Å². The van der Waals surface area contributed by atoms with E-state index in [1.54, 1.807) is 56.3 Å². The number of aliphatic carboxylic acids is 1. The Labute approximate surface area is 410 Å². The quantitative estimate of drug-likeness (QED) is 0.0224. The highest BCUT2D eigenvalue weighted by molar-refractivity contribution is 7.99. The number of aliphatic hydroxyl groups excluding tert-OH is 1. The zero-order valence-electron chi connectivity index (χ0n) is 39.9. The van der Waals surface area contributed by atoms with Crippen molar-refractivity contribution in [2.45, 2.75) is 39.2 Å². The number of phenolic OH excluding ortho intramolecular Hbond substituents is 2. The predicted octanol–water partition coefficient (Wildman–Crippen LogP) is 9.39. The molecule has 0 bridgehead atoms. The molecule has 0 saturated carbocycles. The number of carboxylic acids is 3. The summed E-state index contributed by atoms with van der Waals surface area (Å²) in [5.74, 6) is -1.91. The van der Waals surface area contributed by atoms with E-state index in [1.165, 1.54) is 36.4 Å². The first-order chi connectivity index (χ1) is 32.7. The van der Waals surface area contributed by atoms with Gasteiger partial charge in [0.25, 0.3) is 0 Å². The molecule has 0 atom stereocenters. The van der Waals surface area contributed by atoms with E-state index in [0.717, 1.165) is 34.8 Å². The normalized spacial score (nSPS) is 10.1. The van der Waals surface area contributed by atoms with Crippen molar-refractivity contribution in [2.75, 3.05) is 51.1 Å². The average Bonchev–Trinajstić information content (AvgIpc) is 3.33. The summed E-state index contributed by atoms with van der Waals surface area (Å²) < 4.78 is 19.2. The number of carbonyl (C=O) groups is 5. The van der Waals surface area contributed by atoms with Gasteiger partial charge < -0.3 is 49.6 Å². The number of carboxylic acid groups (broad SMARTS) is 3. The molecule has 0 amide bonds. The maximum absolute atomic E-state index is 10.8. The molecule has 0 unspecified atom stereocenters. The number of aromatic hydroxyl groups is 2. The maximum Gasteiger partial charge on any atom is 0.336 e. The van der Waals surface area contributed by atoms with Crippen molar-refractivity contribution in [3.8, 4) is 11.5 Å². The van der Waals surface area contributed by atoms with Crippen LogP contribution in [0.5, 0.6) is 11.5 Å². The third kappa shape index (κ3) is 35.6. The summed E-state index contributed by atoms with van der Waals surface area (Å²) in [5.41, 5.74) is 2.11. The highest BCUT2D eigenvalue weighted by Gasteiger charge is 2.23. The third-order valence-corrected chi connectivity index (χ3v) is 8.88. The van der Waals surface area contributed by atoms with Gasteiger partial charge in [0.05, 0.1) is 37.6 Å². The standard InChI is InChI=1S/C15H16O2.C10H12O4.C9H16O3.C8H6O4.C6H10S.C5H8O2/c1-15(2,11-3-7-13(16)8-4-11)12-5-9-14(17)10-6-12;1-3-7-13-9(11)5-6-10(12)14-8-4-2;1-3-5-11-7-9(10)8-12-6-4-2;9-7(10)5-3-1-2-4-6(5)8(11)12;1-3-5-7-6-4-2;1-3-4(2)5(6)7/h3-10,16-17H,1-2H3;3-6H,1-2,7-8H2;3-4,9-10H,1-2,5-8H2;1-4H,(H,9,10)(H,11,12);3-4H,1-2,5-6H2;3H,1-2H3,(H,6,7)/b;6-5-;;;;. The molecule has 0 aliphatic carbocycles. The summed E-state index contributed by atoms with van der Waals surface area (Å²) in [6.07, 6.45) is 12.9. The van der Waals surface area contributed by atoms with Gasteiger partial charge >= 0.3 is 29.8 Å². The number of phenols is 2. The van der Waals surface area contributed by atoms with Gasteiger partial charge in [-0.15, -0.1) is 26.3 Å². The summed E-state index contributed by atoms with van der Waals surface area (Å²) in [7, 11) is 0. The Balaban J connectivity index is -0.000000779. The van der Waals surface area contributed by atoms with E-state index in [2.05, 4.69) is 62.8 Å². The molecule has 0 saturated heterocycles. The Morgan fingerprint density at radius 3 is 1.20 bits per heavy atom. The molecule has 0 heterocycles. The number of ether oxygens (including phenoxy) is 4. The van der Waals surface area contributed by atoms with E-state index in [1.807, 2.05) is 48.2 Å². The minimum Gasteiger partial charge on any atom is -0.508 e. The van der Waals surface area contributed by atoms with Gasteiger partial charge in [0.1, 0.15) is 30.8 Å². The zero-order chi connectivity index (χ0) is 53.0. The topological polar surface area (TPSA) is 244 Å². The molecule has 3 aromatic carbocycles. The van der Waals surface area contributed by atoms with Crippen molar-refractivity contribution in [3.63, 3.8) is 0 Å². The predicted molar refractivity (Wildman–Crippen MR) is 273 cm³/mol. The van der Waals surface area contributed by atoms with Crippen molar-refractivity contribution in [1.82, 2.24) is 0 Å². The molecule has 6 N–H and O–H groups in total. The molecular weight excluding hydrogens is 909 g/mol. The Bertz CT molecular complexity index is 1940. The number of carbonyl (C=O) groups excluding carboxylic acids is 2. The average molecular weight is 977 g/mol. The Hall–Kier alpha value is -7.24. The van der Waals surface area contributed by atoms with Crippen LogP contribution in [0.3, 0.4) is 0 Å². The Morgan fingerprint density at radius 1 is 0.594 bits per heavy atom. The number of aliphatic hydroxyl groups is 1. The smallest absolute Gasteiger partial charge is 0.336 e. The molecule has 376 valence electrons. The Kier molecular flexibility index (Phi) is 40.3. The van der Waals surface area contributed by atoms with Crippen LogP contribution in [-0.4, -0.2) is 118 Å². The van der Waals surface area contributed by atoms with Crippen LogP contribution in [0.4, 0.5) is 0 Å². The van der Waals surface area contributed by atoms with E-state index in [0.29, 0.717) is 18.8 Å². The van der Waals surface area contributed by atoms with E-state index in [-0.39, 0.29) is 54.5 Å². The summed E-state index contributed by atoms with van der Waals surface area (Å²) in [6.45, 7) is 30.0. The largest absolute Gasteiger partial charge is 0.508 e. The van der Waals surface area contributed by atoms with E-state index in [9.17, 15) is 39.3 Å².